The SMILES string of the molecule is O=C(CN1CC(c2ccc(Cl)cn2)C(c2ccc(F)cc2)=N1)Nc1ccc(Cl)cc1. The van der Waals surface area contributed by atoms with Gasteiger partial charge in [-0.2, -0.15) is 5.10 Å². The minimum atomic E-state index is -0.322. The minimum absolute atomic E-state index is 0.0669. The maximum absolute atomic E-state index is 13.4. The van der Waals surface area contributed by atoms with Crippen molar-refractivity contribution in [2.45, 2.75) is 5.92 Å². The molecule has 3 aromatic rings. The first kappa shape index (κ1) is 20.3. The summed E-state index contributed by atoms with van der Waals surface area (Å²) >= 11 is 11.8. The van der Waals surface area contributed by atoms with Gasteiger partial charge in [0.15, 0.2) is 0 Å². The van der Waals surface area contributed by atoms with Crippen molar-refractivity contribution in [1.82, 2.24) is 9.99 Å². The molecule has 8 heteroatoms. The van der Waals surface area contributed by atoms with Crippen LogP contribution in [0.5, 0.6) is 0 Å². The van der Waals surface area contributed by atoms with Gasteiger partial charge in [0.1, 0.15) is 12.4 Å². The van der Waals surface area contributed by atoms with Gasteiger partial charge >= 0.3 is 0 Å². The largest absolute Gasteiger partial charge is 0.324 e. The molecule has 2 aromatic carbocycles. The summed E-state index contributed by atoms with van der Waals surface area (Å²) in [5.41, 5.74) is 2.94. The summed E-state index contributed by atoms with van der Waals surface area (Å²) in [6.45, 7) is 0.535. The second-order valence-corrected chi connectivity index (χ2v) is 7.72. The molecule has 1 aromatic heterocycles. The molecule has 1 N–H and O–H groups in total. The average molecular weight is 443 g/mol. The van der Waals surface area contributed by atoms with Gasteiger partial charge in [0.25, 0.3) is 0 Å². The fourth-order valence-electron chi connectivity index (χ4n) is 3.27. The Bertz CT molecular complexity index is 1070. The summed E-state index contributed by atoms with van der Waals surface area (Å²) in [6.07, 6.45) is 1.58. The summed E-state index contributed by atoms with van der Waals surface area (Å²) < 4.78 is 13.4. The standard InChI is InChI=1S/C22H17Cl2FN4O/c23-15-3-8-18(9-4-15)27-21(30)13-29-12-19(20-10-5-16(24)11-26-20)22(28-29)14-1-6-17(25)7-2-14/h1-11,19H,12-13H2,(H,27,30). The van der Waals surface area contributed by atoms with E-state index in [1.165, 1.54) is 12.1 Å². The molecule has 0 saturated carbocycles. The third-order valence-electron chi connectivity index (χ3n) is 4.67. The second kappa shape index (κ2) is 8.81. The average Bonchev–Trinajstić information content (AvgIpc) is 3.14. The molecule has 4 rings (SSSR count). The first-order valence-corrected chi connectivity index (χ1v) is 10.00. The zero-order valence-electron chi connectivity index (χ0n) is 15.7. The Morgan fingerprint density at radius 1 is 1.03 bits per heavy atom. The lowest BCUT2D eigenvalue weighted by Crippen LogP contribution is -2.29. The van der Waals surface area contributed by atoms with Crippen LogP contribution in [0.3, 0.4) is 0 Å². The molecular weight excluding hydrogens is 426 g/mol. The van der Waals surface area contributed by atoms with Crippen molar-refractivity contribution < 1.29 is 9.18 Å². The highest BCUT2D eigenvalue weighted by Gasteiger charge is 2.31. The number of carbonyl (C=O) groups is 1. The van der Waals surface area contributed by atoms with Gasteiger partial charge in [-0.1, -0.05) is 35.3 Å². The number of pyridine rings is 1. The molecule has 0 aliphatic carbocycles. The number of hydrogen-bond donors (Lipinski definition) is 1. The van der Waals surface area contributed by atoms with Crippen LogP contribution in [0.4, 0.5) is 10.1 Å². The maximum atomic E-state index is 13.4. The highest BCUT2D eigenvalue weighted by Crippen LogP contribution is 2.28. The van der Waals surface area contributed by atoms with Crippen LogP contribution in [0.2, 0.25) is 10.0 Å². The Morgan fingerprint density at radius 2 is 1.73 bits per heavy atom. The molecule has 1 amide bonds. The molecule has 1 atom stereocenters. The molecule has 0 radical (unpaired) electrons. The smallest absolute Gasteiger partial charge is 0.245 e. The van der Waals surface area contributed by atoms with E-state index in [0.717, 1.165) is 17.0 Å². The van der Waals surface area contributed by atoms with E-state index in [-0.39, 0.29) is 24.2 Å². The maximum Gasteiger partial charge on any atom is 0.245 e. The molecule has 0 fully saturated rings. The minimum Gasteiger partial charge on any atom is -0.324 e. The predicted octanol–water partition coefficient (Wildman–Crippen LogP) is 4.97. The van der Waals surface area contributed by atoms with Gasteiger partial charge in [-0.05, 0) is 54.1 Å². The van der Waals surface area contributed by atoms with E-state index in [4.69, 9.17) is 23.2 Å². The van der Waals surface area contributed by atoms with Crippen LogP contribution in [0, 0.1) is 5.82 Å². The third kappa shape index (κ3) is 4.78. The van der Waals surface area contributed by atoms with Crippen molar-refractivity contribution in [3.05, 3.63) is 94.0 Å². The van der Waals surface area contributed by atoms with E-state index in [2.05, 4.69) is 15.4 Å². The van der Waals surface area contributed by atoms with Gasteiger partial charge in [-0.25, -0.2) is 4.39 Å². The number of amides is 1. The van der Waals surface area contributed by atoms with E-state index in [1.807, 2.05) is 6.07 Å². The number of nitrogens with zero attached hydrogens (tertiary/aromatic N) is 3. The number of halogens is 3. The number of aromatic nitrogens is 1. The van der Waals surface area contributed by atoms with Crippen LogP contribution in [0.1, 0.15) is 17.2 Å². The molecule has 1 aliphatic heterocycles. The Kier molecular flexibility index (Phi) is 5.97. The van der Waals surface area contributed by atoms with Crippen LogP contribution in [0.25, 0.3) is 0 Å². The van der Waals surface area contributed by atoms with Gasteiger partial charge in [-0.3, -0.25) is 14.8 Å². The van der Waals surface area contributed by atoms with E-state index in [0.29, 0.717) is 22.3 Å². The monoisotopic (exact) mass is 442 g/mol. The zero-order chi connectivity index (χ0) is 21.1. The molecule has 152 valence electrons. The van der Waals surface area contributed by atoms with Crippen molar-refractivity contribution >= 4 is 40.5 Å². The number of benzene rings is 2. The number of nitrogens with one attached hydrogen (secondary N) is 1. The van der Waals surface area contributed by atoms with Crippen LogP contribution < -0.4 is 5.32 Å². The fourth-order valence-corrected chi connectivity index (χ4v) is 3.50. The van der Waals surface area contributed by atoms with Gasteiger partial charge in [0.2, 0.25) is 5.91 Å². The lowest BCUT2D eigenvalue weighted by molar-refractivity contribution is -0.117. The topological polar surface area (TPSA) is 57.6 Å². The van der Waals surface area contributed by atoms with Gasteiger partial charge in [-0.15, -0.1) is 0 Å². The first-order chi connectivity index (χ1) is 14.5. The van der Waals surface area contributed by atoms with E-state index in [9.17, 15) is 9.18 Å². The molecule has 0 bridgehead atoms. The number of carbonyl (C=O) groups excluding carboxylic acids is 1. The van der Waals surface area contributed by atoms with Gasteiger partial charge in [0, 0.05) is 16.9 Å². The predicted molar refractivity (Wildman–Crippen MR) is 117 cm³/mol. The molecule has 30 heavy (non-hydrogen) atoms. The summed E-state index contributed by atoms with van der Waals surface area (Å²) in [7, 11) is 0. The van der Waals surface area contributed by atoms with Crippen LogP contribution in [-0.2, 0) is 4.79 Å². The highest BCUT2D eigenvalue weighted by molar-refractivity contribution is 6.30. The number of anilines is 1. The van der Waals surface area contributed by atoms with Gasteiger partial charge < -0.3 is 5.32 Å². The first-order valence-electron chi connectivity index (χ1n) is 9.24. The highest BCUT2D eigenvalue weighted by atomic mass is 35.5. The van der Waals surface area contributed by atoms with Crippen molar-refractivity contribution in [3.63, 3.8) is 0 Å². The lowest BCUT2D eigenvalue weighted by atomic mass is 9.94. The fraction of sp³-hybridized carbons (Fsp3) is 0.136. The second-order valence-electron chi connectivity index (χ2n) is 6.85. The van der Waals surface area contributed by atoms with E-state index < -0.39 is 0 Å². The van der Waals surface area contributed by atoms with Crippen molar-refractivity contribution in [2.24, 2.45) is 5.10 Å². The summed E-state index contributed by atoms with van der Waals surface area (Å²) in [4.78, 5) is 16.9. The Balaban J connectivity index is 1.54. The number of hydrazone groups is 1. The lowest BCUT2D eigenvalue weighted by Gasteiger charge is -2.16. The van der Waals surface area contributed by atoms with Crippen molar-refractivity contribution in [2.75, 3.05) is 18.4 Å². The molecule has 1 unspecified atom stereocenters. The normalized spacial score (nSPS) is 15.8. The molecule has 0 saturated heterocycles. The molecule has 0 spiro atoms. The number of rotatable bonds is 5. The molecule has 5 nitrogen and oxygen atoms in total. The van der Waals surface area contributed by atoms with Crippen LogP contribution in [-0.4, -0.2) is 34.7 Å². The molecule has 1 aliphatic rings. The Hall–Kier alpha value is -2.96. The number of hydrogen-bond acceptors (Lipinski definition) is 4. The Morgan fingerprint density at radius 3 is 2.40 bits per heavy atom. The Labute approximate surface area is 183 Å². The van der Waals surface area contributed by atoms with Gasteiger partial charge in [0.05, 0.1) is 28.9 Å². The molecule has 2 heterocycles. The van der Waals surface area contributed by atoms with E-state index in [1.54, 1.807) is 53.7 Å². The quantitative estimate of drug-likeness (QED) is 0.606. The van der Waals surface area contributed by atoms with Crippen molar-refractivity contribution in [1.29, 1.82) is 0 Å². The summed E-state index contributed by atoms with van der Waals surface area (Å²) in [6, 6.07) is 16.6. The third-order valence-corrected chi connectivity index (χ3v) is 5.15. The summed E-state index contributed by atoms with van der Waals surface area (Å²) in [5, 5.41) is 10.3. The van der Waals surface area contributed by atoms with Crippen LogP contribution in [0.15, 0.2) is 72.0 Å². The summed E-state index contributed by atoms with van der Waals surface area (Å²) in [5.74, 6) is -0.696. The van der Waals surface area contributed by atoms with Crippen LogP contribution >= 0.6 is 23.2 Å². The van der Waals surface area contributed by atoms with E-state index >= 15 is 0 Å². The van der Waals surface area contributed by atoms with Crippen molar-refractivity contribution in [3.8, 4) is 0 Å². The zero-order valence-corrected chi connectivity index (χ0v) is 17.2. The molecular formula is C22H17Cl2FN4O.